The smallest absolute Gasteiger partial charge is 0.0499 e. The molecule has 0 saturated carbocycles. The Kier molecular flexibility index (Phi) is 4.07. The minimum Gasteiger partial charge on any atom is -0.121 e. The number of aryl methyl sites for hydroxylation is 1. The van der Waals surface area contributed by atoms with Crippen molar-refractivity contribution in [1.82, 2.24) is 0 Å². The van der Waals surface area contributed by atoms with Gasteiger partial charge in [0.1, 0.15) is 0 Å². The Morgan fingerprint density at radius 2 is 1.91 bits per heavy atom. The molecule has 0 amide bonds. The van der Waals surface area contributed by atoms with E-state index in [4.69, 9.17) is 11.6 Å². The van der Waals surface area contributed by atoms with Crippen LogP contribution in [0.1, 0.15) is 18.4 Å². The largest absolute Gasteiger partial charge is 0.121 e. The summed E-state index contributed by atoms with van der Waals surface area (Å²) >= 11 is 5.44. The maximum atomic E-state index is 5.44. The zero-order chi connectivity index (χ0) is 7.94. The van der Waals surface area contributed by atoms with Crippen molar-refractivity contribution in [3.05, 3.63) is 41.8 Å². The van der Waals surface area contributed by atoms with Gasteiger partial charge in [-0.2, -0.15) is 0 Å². The lowest BCUT2D eigenvalue weighted by Crippen LogP contribution is -1.82. The Bertz CT molecular complexity index is 181. The van der Waals surface area contributed by atoms with Crippen LogP contribution in [0.3, 0.4) is 0 Å². The van der Waals surface area contributed by atoms with E-state index in [0.29, 0.717) is 0 Å². The summed E-state index contributed by atoms with van der Waals surface area (Å²) in [7, 11) is 0. The molecule has 59 valence electrons. The van der Waals surface area contributed by atoms with Gasteiger partial charge in [0.05, 0.1) is 0 Å². The minimum absolute atomic E-state index is 0.996. The average Bonchev–Trinajstić information content (AvgIpc) is 2.07. The Labute approximate surface area is 73.2 Å². The fraction of sp³-hybridized carbons (Fsp3) is 0.300. The van der Waals surface area contributed by atoms with Crippen molar-refractivity contribution in [2.45, 2.75) is 19.3 Å². The Morgan fingerprint density at radius 3 is 2.55 bits per heavy atom. The van der Waals surface area contributed by atoms with Gasteiger partial charge in [-0.15, -0.1) is 11.6 Å². The summed E-state index contributed by atoms with van der Waals surface area (Å²) in [5.74, 6) is 1.70. The lowest BCUT2D eigenvalue weighted by molar-refractivity contribution is 0.832. The molecule has 0 aliphatic rings. The highest BCUT2D eigenvalue weighted by molar-refractivity contribution is 6.23. The number of unbranched alkanes of at least 4 members (excludes halogenated alkanes) is 1. The first-order chi connectivity index (χ1) is 5.43. The maximum absolute atomic E-state index is 5.44. The van der Waals surface area contributed by atoms with E-state index in [2.05, 4.69) is 24.3 Å². The molecule has 0 unspecified atom stereocenters. The number of hydrogen-bond donors (Lipinski definition) is 0. The van der Waals surface area contributed by atoms with E-state index in [1.54, 1.807) is 5.88 Å². The molecule has 0 saturated heterocycles. The molecule has 11 heavy (non-hydrogen) atoms. The number of hydrogen-bond acceptors (Lipinski definition) is 0. The van der Waals surface area contributed by atoms with Crippen molar-refractivity contribution < 1.29 is 0 Å². The number of benzene rings is 1. The Morgan fingerprint density at radius 1 is 1.18 bits per heavy atom. The van der Waals surface area contributed by atoms with Crippen molar-refractivity contribution in [1.29, 1.82) is 0 Å². The molecular formula is C10H12Cl. The summed E-state index contributed by atoms with van der Waals surface area (Å²) in [4.78, 5) is 0. The van der Waals surface area contributed by atoms with Crippen molar-refractivity contribution in [3.63, 3.8) is 0 Å². The van der Waals surface area contributed by atoms with Crippen molar-refractivity contribution in [2.75, 3.05) is 0 Å². The van der Waals surface area contributed by atoms with E-state index in [9.17, 15) is 0 Å². The predicted molar refractivity (Wildman–Crippen MR) is 49.5 cm³/mol. The third kappa shape index (κ3) is 3.43. The van der Waals surface area contributed by atoms with Crippen LogP contribution in [0, 0.1) is 5.88 Å². The molecule has 0 spiro atoms. The second-order valence-corrected chi connectivity index (χ2v) is 2.84. The summed E-state index contributed by atoms with van der Waals surface area (Å²) in [6.45, 7) is 0. The molecule has 1 aromatic rings. The van der Waals surface area contributed by atoms with Gasteiger partial charge >= 0.3 is 0 Å². The molecule has 0 aliphatic heterocycles. The molecule has 0 N–H and O–H groups in total. The van der Waals surface area contributed by atoms with Gasteiger partial charge in [0, 0.05) is 5.88 Å². The van der Waals surface area contributed by atoms with Crippen molar-refractivity contribution in [3.8, 4) is 0 Å². The standard InChI is InChI=1S/C10H12Cl/c11-9-5-4-8-10-6-2-1-3-7-10/h1-3,6-7,9H,4-5,8H2. The van der Waals surface area contributed by atoms with Crippen LogP contribution in [-0.2, 0) is 6.42 Å². The molecule has 0 aromatic heterocycles. The van der Waals surface area contributed by atoms with E-state index in [-0.39, 0.29) is 0 Å². The number of rotatable bonds is 4. The zero-order valence-corrected chi connectivity index (χ0v) is 7.22. The van der Waals surface area contributed by atoms with Gasteiger partial charge in [0.15, 0.2) is 0 Å². The van der Waals surface area contributed by atoms with Crippen LogP contribution in [-0.4, -0.2) is 0 Å². The second-order valence-electron chi connectivity index (χ2n) is 2.53. The third-order valence-electron chi connectivity index (χ3n) is 1.62. The molecule has 0 aliphatic carbocycles. The monoisotopic (exact) mass is 167 g/mol. The van der Waals surface area contributed by atoms with E-state index in [1.807, 2.05) is 6.07 Å². The lowest BCUT2D eigenvalue weighted by atomic mass is 10.1. The van der Waals surface area contributed by atoms with Crippen molar-refractivity contribution >= 4 is 11.6 Å². The molecule has 1 rings (SSSR count). The van der Waals surface area contributed by atoms with Crippen LogP contribution >= 0.6 is 11.6 Å². The van der Waals surface area contributed by atoms with E-state index >= 15 is 0 Å². The molecule has 0 fully saturated rings. The molecule has 1 radical (unpaired) electrons. The summed E-state index contributed by atoms with van der Waals surface area (Å²) in [5.41, 5.74) is 1.39. The van der Waals surface area contributed by atoms with Crippen LogP contribution in [0.15, 0.2) is 30.3 Å². The Hall–Kier alpha value is -0.490. The highest BCUT2D eigenvalue weighted by Gasteiger charge is 1.90. The van der Waals surface area contributed by atoms with E-state index < -0.39 is 0 Å². The van der Waals surface area contributed by atoms with Crippen molar-refractivity contribution in [2.24, 2.45) is 0 Å². The topological polar surface area (TPSA) is 0 Å². The predicted octanol–water partition coefficient (Wildman–Crippen LogP) is 3.41. The summed E-state index contributed by atoms with van der Waals surface area (Å²) in [6, 6.07) is 10.5. The van der Waals surface area contributed by atoms with Gasteiger partial charge in [0.2, 0.25) is 0 Å². The SMILES string of the molecule is Cl[CH]CCCc1ccccc1. The highest BCUT2D eigenvalue weighted by Crippen LogP contribution is 2.06. The van der Waals surface area contributed by atoms with Gasteiger partial charge < -0.3 is 0 Å². The third-order valence-corrected chi connectivity index (χ3v) is 1.84. The van der Waals surface area contributed by atoms with E-state index in [1.165, 1.54) is 5.56 Å². The quantitative estimate of drug-likeness (QED) is 0.603. The first-order valence-electron chi connectivity index (χ1n) is 3.89. The fourth-order valence-electron chi connectivity index (χ4n) is 1.03. The molecule has 1 aromatic carbocycles. The maximum Gasteiger partial charge on any atom is 0.0499 e. The van der Waals surface area contributed by atoms with Crippen LogP contribution < -0.4 is 0 Å². The van der Waals surface area contributed by atoms with Gasteiger partial charge in [-0.1, -0.05) is 30.3 Å². The molecule has 0 atom stereocenters. The summed E-state index contributed by atoms with van der Waals surface area (Å²) in [6.07, 6.45) is 3.27. The minimum atomic E-state index is 0.996. The Balaban J connectivity index is 2.28. The molecule has 1 heteroatoms. The molecule has 0 bridgehead atoms. The van der Waals surface area contributed by atoms with Gasteiger partial charge in [0.25, 0.3) is 0 Å². The van der Waals surface area contributed by atoms with Crippen LogP contribution in [0.25, 0.3) is 0 Å². The second kappa shape index (κ2) is 5.20. The van der Waals surface area contributed by atoms with Crippen LogP contribution in [0.5, 0.6) is 0 Å². The normalized spacial score (nSPS) is 9.91. The van der Waals surface area contributed by atoms with Crippen LogP contribution in [0.2, 0.25) is 0 Å². The first-order valence-corrected chi connectivity index (χ1v) is 4.33. The van der Waals surface area contributed by atoms with Gasteiger partial charge in [-0.25, -0.2) is 0 Å². The van der Waals surface area contributed by atoms with Gasteiger partial charge in [-0.05, 0) is 24.8 Å². The summed E-state index contributed by atoms with van der Waals surface area (Å²) in [5, 5.41) is 0. The fourth-order valence-corrected chi connectivity index (χ4v) is 1.18. The molecule has 0 nitrogen and oxygen atoms in total. The van der Waals surface area contributed by atoms with Crippen LogP contribution in [0.4, 0.5) is 0 Å². The number of halogens is 1. The summed E-state index contributed by atoms with van der Waals surface area (Å²) < 4.78 is 0. The molecular weight excluding hydrogens is 156 g/mol. The van der Waals surface area contributed by atoms with Gasteiger partial charge in [-0.3, -0.25) is 0 Å². The zero-order valence-electron chi connectivity index (χ0n) is 6.46. The first kappa shape index (κ1) is 8.61. The lowest BCUT2D eigenvalue weighted by Gasteiger charge is -1.97. The molecule has 0 heterocycles. The highest BCUT2D eigenvalue weighted by atomic mass is 35.5. The van der Waals surface area contributed by atoms with E-state index in [0.717, 1.165) is 19.3 Å². The average molecular weight is 168 g/mol.